The van der Waals surface area contributed by atoms with Crippen molar-refractivity contribution in [2.24, 2.45) is 0 Å². The summed E-state index contributed by atoms with van der Waals surface area (Å²) in [6, 6.07) is 19.2. The van der Waals surface area contributed by atoms with E-state index in [4.69, 9.17) is 37.4 Å². The zero-order valence-electron chi connectivity index (χ0n) is 23.1. The summed E-state index contributed by atoms with van der Waals surface area (Å²) in [4.78, 5) is 32.0. The summed E-state index contributed by atoms with van der Waals surface area (Å²) >= 11 is 12.4. The standard InChI is InChI=1S/C31H33Cl2N3O5/c1-3-40-24-6-4-5-23(15-24)21-7-9-22(10-8-21)28(18-35-11-13-39-14-12-35)34(2)30(37)19-36-27-16-25(32)26(33)17-29(27)41-20-31(36)38/h4-10,15-17,28H,3,11-14,18-20H2,1-2H3. The summed E-state index contributed by atoms with van der Waals surface area (Å²) in [7, 11) is 1.79. The Morgan fingerprint density at radius 2 is 1.76 bits per heavy atom. The molecule has 1 atom stereocenters. The van der Waals surface area contributed by atoms with Crippen LogP contribution in [0.15, 0.2) is 60.7 Å². The van der Waals surface area contributed by atoms with Crippen molar-refractivity contribution >= 4 is 40.7 Å². The molecule has 8 nitrogen and oxygen atoms in total. The summed E-state index contributed by atoms with van der Waals surface area (Å²) in [6.07, 6.45) is 0. The number of morpholine rings is 1. The smallest absolute Gasteiger partial charge is 0.265 e. The second-order valence-corrected chi connectivity index (χ2v) is 10.8. The van der Waals surface area contributed by atoms with Crippen LogP contribution < -0.4 is 14.4 Å². The average molecular weight is 599 g/mol. The van der Waals surface area contributed by atoms with Crippen molar-refractivity contribution in [3.63, 3.8) is 0 Å². The van der Waals surface area contributed by atoms with Crippen molar-refractivity contribution in [2.45, 2.75) is 13.0 Å². The lowest BCUT2D eigenvalue weighted by atomic mass is 9.99. The molecular weight excluding hydrogens is 565 g/mol. The van der Waals surface area contributed by atoms with Crippen LogP contribution in [0, 0.1) is 0 Å². The average Bonchev–Trinajstić information content (AvgIpc) is 2.99. The fourth-order valence-corrected chi connectivity index (χ4v) is 5.41. The lowest BCUT2D eigenvalue weighted by molar-refractivity contribution is -0.133. The number of anilines is 1. The van der Waals surface area contributed by atoms with Gasteiger partial charge in [0, 0.05) is 32.7 Å². The molecule has 0 N–H and O–H groups in total. The highest BCUT2D eigenvalue weighted by Gasteiger charge is 2.32. The molecule has 1 unspecified atom stereocenters. The Morgan fingerprint density at radius 3 is 2.49 bits per heavy atom. The van der Waals surface area contributed by atoms with Gasteiger partial charge in [-0.15, -0.1) is 0 Å². The molecule has 2 amide bonds. The Morgan fingerprint density at radius 1 is 1.02 bits per heavy atom. The maximum Gasteiger partial charge on any atom is 0.265 e. The first-order valence-electron chi connectivity index (χ1n) is 13.6. The van der Waals surface area contributed by atoms with Gasteiger partial charge in [0.1, 0.15) is 18.0 Å². The maximum absolute atomic E-state index is 13.7. The second-order valence-electron chi connectivity index (χ2n) is 10.0. The number of benzene rings is 3. The van der Waals surface area contributed by atoms with Gasteiger partial charge >= 0.3 is 0 Å². The molecule has 5 rings (SSSR count). The van der Waals surface area contributed by atoms with E-state index in [1.165, 1.54) is 4.90 Å². The number of hydrogen-bond acceptors (Lipinski definition) is 6. The third kappa shape index (κ3) is 6.79. The van der Waals surface area contributed by atoms with Gasteiger partial charge in [0.2, 0.25) is 5.91 Å². The maximum atomic E-state index is 13.7. The Kier molecular flexibility index (Phi) is 9.35. The molecular formula is C31H33Cl2N3O5. The Bertz CT molecular complexity index is 1400. The molecule has 1 saturated heterocycles. The van der Waals surface area contributed by atoms with Crippen molar-refractivity contribution in [1.29, 1.82) is 0 Å². The SMILES string of the molecule is CCOc1cccc(-c2ccc(C(CN3CCOCC3)N(C)C(=O)CN3C(=O)COc4cc(Cl)c(Cl)cc43)cc2)c1. The topological polar surface area (TPSA) is 71.6 Å². The molecule has 2 aliphatic heterocycles. The molecule has 0 aliphatic carbocycles. The van der Waals surface area contributed by atoms with Crippen molar-refractivity contribution < 1.29 is 23.8 Å². The van der Waals surface area contributed by atoms with Crippen molar-refractivity contribution in [1.82, 2.24) is 9.80 Å². The monoisotopic (exact) mass is 597 g/mol. The molecule has 0 saturated carbocycles. The van der Waals surface area contributed by atoms with Crippen LogP contribution in [-0.4, -0.2) is 81.3 Å². The number of carbonyl (C=O) groups is 2. The first-order chi connectivity index (χ1) is 19.8. The molecule has 3 aromatic rings. The zero-order chi connectivity index (χ0) is 28.9. The van der Waals surface area contributed by atoms with Crippen LogP contribution in [0.25, 0.3) is 11.1 Å². The van der Waals surface area contributed by atoms with Crippen LogP contribution in [0.3, 0.4) is 0 Å². The first kappa shape index (κ1) is 29.2. The van der Waals surface area contributed by atoms with E-state index in [0.29, 0.717) is 42.8 Å². The Labute approximate surface area is 250 Å². The van der Waals surface area contributed by atoms with E-state index in [1.807, 2.05) is 25.1 Å². The summed E-state index contributed by atoms with van der Waals surface area (Å²) in [5.74, 6) is 0.723. The highest BCUT2D eigenvalue weighted by molar-refractivity contribution is 6.42. The quantitative estimate of drug-likeness (QED) is 0.332. The number of rotatable bonds is 9. The summed E-state index contributed by atoms with van der Waals surface area (Å²) < 4.78 is 16.8. The number of nitrogens with zero attached hydrogens (tertiary/aromatic N) is 3. The van der Waals surface area contributed by atoms with Gasteiger partial charge in [-0.2, -0.15) is 0 Å². The lowest BCUT2D eigenvalue weighted by Gasteiger charge is -2.37. The largest absolute Gasteiger partial charge is 0.494 e. The predicted molar refractivity (Wildman–Crippen MR) is 160 cm³/mol. The van der Waals surface area contributed by atoms with E-state index >= 15 is 0 Å². The van der Waals surface area contributed by atoms with Gasteiger partial charge in [0.15, 0.2) is 6.61 Å². The van der Waals surface area contributed by atoms with Gasteiger partial charge < -0.3 is 19.1 Å². The summed E-state index contributed by atoms with van der Waals surface area (Å²) in [5, 5.41) is 0.605. The third-order valence-electron chi connectivity index (χ3n) is 7.41. The minimum Gasteiger partial charge on any atom is -0.494 e. The van der Waals surface area contributed by atoms with Crippen LogP contribution in [0.1, 0.15) is 18.5 Å². The minimum absolute atomic E-state index is 0.147. The summed E-state index contributed by atoms with van der Waals surface area (Å²) in [6.45, 7) is 5.77. The normalized spacial score (nSPS) is 16.1. The van der Waals surface area contributed by atoms with Gasteiger partial charge in [0.25, 0.3) is 5.91 Å². The number of carbonyl (C=O) groups excluding carboxylic acids is 2. The number of fused-ring (bicyclic) bond motifs is 1. The zero-order valence-corrected chi connectivity index (χ0v) is 24.7. The predicted octanol–water partition coefficient (Wildman–Crippen LogP) is 5.32. The van der Waals surface area contributed by atoms with E-state index in [1.54, 1.807) is 24.1 Å². The fraction of sp³-hybridized carbons (Fsp3) is 0.355. The van der Waals surface area contributed by atoms with Crippen molar-refractivity contribution in [2.75, 3.05) is 64.6 Å². The van der Waals surface area contributed by atoms with E-state index in [2.05, 4.69) is 35.2 Å². The van der Waals surface area contributed by atoms with E-state index in [0.717, 1.165) is 35.5 Å². The van der Waals surface area contributed by atoms with Crippen molar-refractivity contribution in [3.05, 3.63) is 76.3 Å². The third-order valence-corrected chi connectivity index (χ3v) is 8.13. The molecule has 0 spiro atoms. The van der Waals surface area contributed by atoms with E-state index < -0.39 is 0 Å². The summed E-state index contributed by atoms with van der Waals surface area (Å²) in [5.41, 5.74) is 3.54. The van der Waals surface area contributed by atoms with E-state index in [9.17, 15) is 9.59 Å². The number of ether oxygens (including phenoxy) is 3. The van der Waals surface area contributed by atoms with Crippen molar-refractivity contribution in [3.8, 4) is 22.6 Å². The molecule has 0 aromatic heterocycles. The number of likely N-dealkylation sites (N-methyl/N-ethyl adjacent to an activating group) is 1. The van der Waals surface area contributed by atoms with Crippen LogP contribution >= 0.6 is 23.2 Å². The molecule has 216 valence electrons. The van der Waals surface area contributed by atoms with Gasteiger partial charge in [0.05, 0.1) is 41.6 Å². The fourth-order valence-electron chi connectivity index (χ4n) is 5.10. The molecule has 10 heteroatoms. The molecule has 0 bridgehead atoms. The van der Waals surface area contributed by atoms with Crippen LogP contribution in [0.2, 0.25) is 10.0 Å². The number of amides is 2. The van der Waals surface area contributed by atoms with Crippen LogP contribution in [0.4, 0.5) is 5.69 Å². The van der Waals surface area contributed by atoms with Crippen LogP contribution in [0.5, 0.6) is 11.5 Å². The molecule has 2 aliphatic rings. The molecule has 2 heterocycles. The molecule has 0 radical (unpaired) electrons. The van der Waals surface area contributed by atoms with Gasteiger partial charge in [-0.25, -0.2) is 0 Å². The Balaban J connectivity index is 1.39. The van der Waals surface area contributed by atoms with E-state index in [-0.39, 0.29) is 36.0 Å². The molecule has 3 aromatic carbocycles. The Hall–Kier alpha value is -3.30. The number of hydrogen-bond donors (Lipinski definition) is 0. The lowest BCUT2D eigenvalue weighted by Crippen LogP contribution is -2.48. The molecule has 1 fully saturated rings. The van der Waals surface area contributed by atoms with Crippen LogP contribution in [-0.2, 0) is 14.3 Å². The first-order valence-corrected chi connectivity index (χ1v) is 14.4. The minimum atomic E-state index is -0.319. The van der Waals surface area contributed by atoms with Gasteiger partial charge in [-0.05, 0) is 41.8 Å². The highest BCUT2D eigenvalue weighted by Crippen LogP contribution is 2.39. The molecule has 41 heavy (non-hydrogen) atoms. The second kappa shape index (κ2) is 13.1. The van der Waals surface area contributed by atoms with Gasteiger partial charge in [-0.1, -0.05) is 59.6 Å². The number of halogens is 2. The highest BCUT2D eigenvalue weighted by atomic mass is 35.5. The van der Waals surface area contributed by atoms with Gasteiger partial charge in [-0.3, -0.25) is 19.4 Å².